The summed E-state index contributed by atoms with van der Waals surface area (Å²) in [5.74, 6) is 0.414. The number of piperidine rings is 2. The van der Waals surface area contributed by atoms with Crippen molar-refractivity contribution in [1.29, 1.82) is 0 Å². The standard InChI is InChI=1S/C22H25ClN2O2S.ClH/c23-18-7-9-19(10-8-18)28(26,27)25-12-3-5-17-15-24-13-11-16-4-1-2-6-20(16)22(24)14-21(17)25;/h1-2,4,6-10,17,21-22H,3,5,11-15H2;1H/t17-,21+,22+;/m1./s1. The van der Waals surface area contributed by atoms with E-state index in [9.17, 15) is 8.42 Å². The van der Waals surface area contributed by atoms with E-state index in [1.54, 1.807) is 28.6 Å². The maximum Gasteiger partial charge on any atom is 0.243 e. The fraction of sp³-hybridized carbons (Fsp3) is 0.455. The molecule has 2 aromatic rings. The normalized spacial score (nSPS) is 27.3. The summed E-state index contributed by atoms with van der Waals surface area (Å²) in [6.07, 6.45) is 4.02. The van der Waals surface area contributed by atoms with Crippen molar-refractivity contribution in [2.24, 2.45) is 5.92 Å². The third-order valence-electron chi connectivity index (χ3n) is 6.74. The summed E-state index contributed by atoms with van der Waals surface area (Å²) in [6.45, 7) is 2.69. The van der Waals surface area contributed by atoms with Gasteiger partial charge in [-0.05, 0) is 67.0 Å². The number of hydrogen-bond donors (Lipinski definition) is 0. The topological polar surface area (TPSA) is 40.6 Å². The monoisotopic (exact) mass is 452 g/mol. The molecule has 0 unspecified atom stereocenters. The van der Waals surface area contributed by atoms with Gasteiger partial charge in [0.25, 0.3) is 0 Å². The molecule has 156 valence electrons. The van der Waals surface area contributed by atoms with Crippen molar-refractivity contribution in [3.63, 3.8) is 0 Å². The molecule has 2 aromatic carbocycles. The molecule has 2 fully saturated rings. The van der Waals surface area contributed by atoms with Crippen molar-refractivity contribution >= 4 is 34.0 Å². The zero-order valence-electron chi connectivity index (χ0n) is 16.2. The van der Waals surface area contributed by atoms with Gasteiger partial charge in [0, 0.05) is 36.7 Å². The molecule has 3 atom stereocenters. The van der Waals surface area contributed by atoms with Crippen molar-refractivity contribution in [3.8, 4) is 0 Å². The van der Waals surface area contributed by atoms with Crippen LogP contribution in [0.4, 0.5) is 0 Å². The van der Waals surface area contributed by atoms with E-state index in [1.807, 2.05) is 0 Å². The minimum absolute atomic E-state index is 0. The molecular formula is C22H26Cl2N2O2S. The molecule has 3 aliphatic heterocycles. The molecule has 0 radical (unpaired) electrons. The summed E-state index contributed by atoms with van der Waals surface area (Å²) in [5.41, 5.74) is 2.81. The van der Waals surface area contributed by atoms with Gasteiger partial charge in [-0.1, -0.05) is 35.9 Å². The lowest BCUT2D eigenvalue weighted by Crippen LogP contribution is -2.57. The molecular weight excluding hydrogens is 427 g/mol. The summed E-state index contributed by atoms with van der Waals surface area (Å²) in [7, 11) is -3.51. The molecule has 0 amide bonds. The summed E-state index contributed by atoms with van der Waals surface area (Å²) >= 11 is 5.97. The Morgan fingerprint density at radius 2 is 1.76 bits per heavy atom. The van der Waals surface area contributed by atoms with E-state index >= 15 is 0 Å². The molecule has 3 heterocycles. The quantitative estimate of drug-likeness (QED) is 0.671. The van der Waals surface area contributed by atoms with Crippen LogP contribution in [0.15, 0.2) is 53.4 Å². The molecule has 7 heteroatoms. The Morgan fingerprint density at radius 3 is 2.55 bits per heavy atom. The van der Waals surface area contributed by atoms with Gasteiger partial charge in [0.15, 0.2) is 0 Å². The van der Waals surface area contributed by atoms with Crippen molar-refractivity contribution < 1.29 is 8.42 Å². The van der Waals surface area contributed by atoms with Crippen LogP contribution >= 0.6 is 24.0 Å². The van der Waals surface area contributed by atoms with Crippen LogP contribution in [0.1, 0.15) is 36.4 Å². The van der Waals surface area contributed by atoms with Crippen LogP contribution in [0.3, 0.4) is 0 Å². The first kappa shape index (κ1) is 21.1. The van der Waals surface area contributed by atoms with Crippen LogP contribution in [0.2, 0.25) is 5.02 Å². The minimum atomic E-state index is -3.51. The Balaban J connectivity index is 0.00000205. The maximum atomic E-state index is 13.4. The third-order valence-corrected chi connectivity index (χ3v) is 8.94. The maximum absolute atomic E-state index is 13.4. The van der Waals surface area contributed by atoms with E-state index in [-0.39, 0.29) is 18.4 Å². The van der Waals surface area contributed by atoms with Crippen molar-refractivity contribution in [2.75, 3.05) is 19.6 Å². The summed E-state index contributed by atoms with van der Waals surface area (Å²) in [6, 6.07) is 15.7. The Kier molecular flexibility index (Phi) is 5.97. The largest absolute Gasteiger partial charge is 0.296 e. The first-order valence-corrected chi connectivity index (χ1v) is 11.9. The minimum Gasteiger partial charge on any atom is -0.296 e. The Hall–Kier alpha value is -1.11. The lowest BCUT2D eigenvalue weighted by molar-refractivity contribution is 0.0220. The second-order valence-corrected chi connectivity index (χ2v) is 10.6. The van der Waals surface area contributed by atoms with Gasteiger partial charge >= 0.3 is 0 Å². The van der Waals surface area contributed by atoms with Crippen LogP contribution in [0.25, 0.3) is 0 Å². The van der Waals surface area contributed by atoms with Gasteiger partial charge in [-0.25, -0.2) is 8.42 Å². The van der Waals surface area contributed by atoms with E-state index in [2.05, 4.69) is 29.2 Å². The third kappa shape index (κ3) is 3.72. The van der Waals surface area contributed by atoms with E-state index in [0.717, 1.165) is 38.8 Å². The number of halogens is 2. The van der Waals surface area contributed by atoms with E-state index in [0.29, 0.717) is 28.4 Å². The van der Waals surface area contributed by atoms with Gasteiger partial charge < -0.3 is 0 Å². The number of sulfonamides is 1. The average molecular weight is 453 g/mol. The van der Waals surface area contributed by atoms with Crippen LogP contribution in [0, 0.1) is 5.92 Å². The molecule has 0 N–H and O–H groups in total. The first-order chi connectivity index (χ1) is 13.5. The molecule has 29 heavy (non-hydrogen) atoms. The predicted molar refractivity (Wildman–Crippen MR) is 118 cm³/mol. The van der Waals surface area contributed by atoms with E-state index < -0.39 is 10.0 Å². The van der Waals surface area contributed by atoms with Crippen molar-refractivity contribution in [2.45, 2.75) is 42.7 Å². The highest BCUT2D eigenvalue weighted by Gasteiger charge is 2.46. The lowest BCUT2D eigenvalue weighted by Gasteiger charge is -2.51. The fourth-order valence-corrected chi connectivity index (χ4v) is 7.26. The average Bonchev–Trinajstić information content (AvgIpc) is 2.72. The molecule has 2 saturated heterocycles. The summed E-state index contributed by atoms with van der Waals surface area (Å²) in [5, 5.41) is 0.558. The number of benzene rings is 2. The first-order valence-electron chi connectivity index (χ1n) is 10.1. The Labute approximate surface area is 184 Å². The summed E-state index contributed by atoms with van der Waals surface area (Å²) < 4.78 is 28.6. The number of hydrogen-bond acceptors (Lipinski definition) is 3. The smallest absolute Gasteiger partial charge is 0.243 e. The van der Waals surface area contributed by atoms with Crippen LogP contribution in [-0.2, 0) is 16.4 Å². The molecule has 0 spiro atoms. The predicted octanol–water partition coefficient (Wildman–Crippen LogP) is 4.53. The second-order valence-electron chi connectivity index (χ2n) is 8.23. The Bertz CT molecular complexity index is 981. The van der Waals surface area contributed by atoms with Gasteiger partial charge in [0.2, 0.25) is 10.0 Å². The van der Waals surface area contributed by atoms with Crippen molar-refractivity contribution in [3.05, 3.63) is 64.7 Å². The zero-order valence-corrected chi connectivity index (χ0v) is 18.6. The number of nitrogens with zero attached hydrogens (tertiary/aromatic N) is 2. The van der Waals surface area contributed by atoms with Crippen LogP contribution in [0.5, 0.6) is 0 Å². The molecule has 5 rings (SSSR count). The summed E-state index contributed by atoms with van der Waals surface area (Å²) in [4.78, 5) is 2.94. The van der Waals surface area contributed by atoms with Gasteiger partial charge in [-0.3, -0.25) is 4.90 Å². The fourth-order valence-electron chi connectivity index (χ4n) is 5.39. The number of rotatable bonds is 2. The molecule has 0 aliphatic carbocycles. The van der Waals surface area contributed by atoms with E-state index in [1.165, 1.54) is 11.1 Å². The molecule has 0 saturated carbocycles. The molecule has 4 nitrogen and oxygen atoms in total. The van der Waals surface area contributed by atoms with Gasteiger partial charge in [-0.15, -0.1) is 12.4 Å². The molecule has 0 bridgehead atoms. The van der Waals surface area contributed by atoms with E-state index in [4.69, 9.17) is 11.6 Å². The van der Waals surface area contributed by atoms with Crippen LogP contribution < -0.4 is 0 Å². The van der Waals surface area contributed by atoms with Gasteiger partial charge in [0.05, 0.1) is 4.90 Å². The van der Waals surface area contributed by atoms with Crippen molar-refractivity contribution in [1.82, 2.24) is 9.21 Å². The molecule has 0 aromatic heterocycles. The van der Waals surface area contributed by atoms with Crippen LogP contribution in [-0.4, -0.2) is 43.3 Å². The van der Waals surface area contributed by atoms with Gasteiger partial charge in [-0.2, -0.15) is 4.31 Å². The lowest BCUT2D eigenvalue weighted by atomic mass is 9.77. The zero-order chi connectivity index (χ0) is 19.3. The number of fused-ring (bicyclic) bond motifs is 4. The SMILES string of the molecule is Cl.O=S(=O)(c1ccc(Cl)cc1)N1CCC[C@@H]2CN3CCc4ccccc4[C@@H]3C[C@@H]21. The molecule has 3 aliphatic rings. The highest BCUT2D eigenvalue weighted by molar-refractivity contribution is 7.89. The Morgan fingerprint density at radius 1 is 1.00 bits per heavy atom. The highest BCUT2D eigenvalue weighted by atomic mass is 35.5. The highest BCUT2D eigenvalue weighted by Crippen LogP contribution is 2.44. The van der Waals surface area contributed by atoms with Gasteiger partial charge in [0.1, 0.15) is 0 Å². The second kappa shape index (κ2) is 8.20.